The molecule has 0 saturated carbocycles. The van der Waals surface area contributed by atoms with Crippen LogP contribution in [0, 0.1) is 0 Å². The van der Waals surface area contributed by atoms with E-state index in [9.17, 15) is 18.0 Å². The monoisotopic (exact) mass is 487 g/mol. The van der Waals surface area contributed by atoms with Crippen LogP contribution in [0.4, 0.5) is 5.69 Å². The third-order valence-electron chi connectivity index (χ3n) is 5.46. The summed E-state index contributed by atoms with van der Waals surface area (Å²) in [4.78, 5) is 28.0. The molecule has 0 aromatic heterocycles. The van der Waals surface area contributed by atoms with Crippen molar-refractivity contribution in [2.75, 3.05) is 17.2 Å². The van der Waals surface area contributed by atoms with Crippen molar-refractivity contribution >= 4 is 44.5 Å². The molecule has 0 saturated heterocycles. The second kappa shape index (κ2) is 9.56. The molecular weight excluding hydrogens is 462 g/mol. The van der Waals surface area contributed by atoms with Gasteiger partial charge in [-0.3, -0.25) is 4.79 Å². The first-order chi connectivity index (χ1) is 15.8. The lowest BCUT2D eigenvalue weighted by Crippen LogP contribution is -2.38. The number of carbonyl (C=O) groups is 2. The highest BCUT2D eigenvalue weighted by Gasteiger charge is 2.33. The number of hydrogen-bond acceptors (Lipinski definition) is 7. The molecule has 8 nitrogen and oxygen atoms in total. The minimum absolute atomic E-state index is 0.0467. The van der Waals surface area contributed by atoms with Crippen molar-refractivity contribution in [1.29, 1.82) is 0 Å². The number of nitrogens with one attached hydrogen (secondary N) is 1. The van der Waals surface area contributed by atoms with Crippen LogP contribution in [-0.4, -0.2) is 43.9 Å². The number of esters is 1. The van der Waals surface area contributed by atoms with E-state index in [1.807, 2.05) is 42.2 Å². The molecule has 2 atom stereocenters. The van der Waals surface area contributed by atoms with E-state index in [1.165, 1.54) is 11.8 Å². The molecule has 1 N–H and O–H groups in total. The van der Waals surface area contributed by atoms with E-state index < -0.39 is 22.1 Å². The number of amidine groups is 1. The van der Waals surface area contributed by atoms with Gasteiger partial charge in [0.15, 0.2) is 11.3 Å². The van der Waals surface area contributed by atoms with Crippen LogP contribution in [0.1, 0.15) is 48.7 Å². The summed E-state index contributed by atoms with van der Waals surface area (Å²) in [5, 5.41) is 3.36. The van der Waals surface area contributed by atoms with Crippen LogP contribution in [-0.2, 0) is 19.6 Å². The largest absolute Gasteiger partial charge is 0.449 e. The van der Waals surface area contributed by atoms with E-state index in [4.69, 9.17) is 4.74 Å². The standard InChI is InChI=1S/C23H25N3O5S2/c1-3-7-18(16-8-5-4-6-9-16)24-21(27)15(2)31-22(28)17-10-11-19-20(14-17)32-23-25-33(29,30)13-12-26(19)23/h4-6,8-11,14-15,18H,3,7,12-13H2,1-2H3,(H,24,27). The van der Waals surface area contributed by atoms with Gasteiger partial charge < -0.3 is 15.0 Å². The van der Waals surface area contributed by atoms with Crippen molar-refractivity contribution in [3.63, 3.8) is 0 Å². The van der Waals surface area contributed by atoms with Gasteiger partial charge in [0, 0.05) is 11.4 Å². The Balaban J connectivity index is 1.42. The number of carbonyl (C=O) groups excluding carboxylic acids is 2. The van der Waals surface area contributed by atoms with Crippen LogP contribution < -0.4 is 10.2 Å². The van der Waals surface area contributed by atoms with Gasteiger partial charge in [0.05, 0.1) is 23.0 Å². The summed E-state index contributed by atoms with van der Waals surface area (Å²) >= 11 is 1.20. The summed E-state index contributed by atoms with van der Waals surface area (Å²) in [7, 11) is -3.45. The topological polar surface area (TPSA) is 105 Å². The molecule has 2 aromatic rings. The summed E-state index contributed by atoms with van der Waals surface area (Å²) in [5.74, 6) is -1.03. The van der Waals surface area contributed by atoms with E-state index in [0.29, 0.717) is 11.7 Å². The maximum Gasteiger partial charge on any atom is 0.338 e. The molecule has 2 aliphatic rings. The zero-order valence-corrected chi connectivity index (χ0v) is 20.0. The van der Waals surface area contributed by atoms with Crippen LogP contribution in [0.25, 0.3) is 0 Å². The summed E-state index contributed by atoms with van der Waals surface area (Å²) in [6.07, 6.45) is 0.696. The van der Waals surface area contributed by atoms with Gasteiger partial charge in [-0.15, -0.1) is 4.40 Å². The molecule has 174 valence electrons. The zero-order chi connectivity index (χ0) is 23.6. The lowest BCUT2D eigenvalue weighted by Gasteiger charge is -2.22. The molecule has 0 bridgehead atoms. The molecule has 0 aliphatic carbocycles. The Morgan fingerprint density at radius 2 is 1.97 bits per heavy atom. The quantitative estimate of drug-likeness (QED) is 0.596. The SMILES string of the molecule is CCCC(NC(=O)C(C)OC(=O)c1ccc2c(c1)SC1=NS(=O)(=O)CCN12)c1ccccc1. The number of ether oxygens (including phenoxy) is 1. The number of nitrogens with zero attached hydrogens (tertiary/aromatic N) is 2. The molecule has 0 radical (unpaired) electrons. The number of hydrogen-bond donors (Lipinski definition) is 1. The van der Waals surface area contributed by atoms with E-state index >= 15 is 0 Å². The number of benzene rings is 2. The fourth-order valence-electron chi connectivity index (χ4n) is 3.72. The highest BCUT2D eigenvalue weighted by molar-refractivity contribution is 8.15. The Labute approximate surface area is 197 Å². The molecule has 33 heavy (non-hydrogen) atoms. The number of thioether (sulfide) groups is 1. The molecule has 1 amide bonds. The van der Waals surface area contributed by atoms with Gasteiger partial charge in [-0.05, 0) is 48.9 Å². The second-order valence-electron chi connectivity index (χ2n) is 7.90. The van der Waals surface area contributed by atoms with Crippen LogP contribution >= 0.6 is 11.8 Å². The third kappa shape index (κ3) is 5.22. The van der Waals surface area contributed by atoms with E-state index in [1.54, 1.807) is 25.1 Å². The van der Waals surface area contributed by atoms with Crippen molar-refractivity contribution in [1.82, 2.24) is 5.32 Å². The summed E-state index contributed by atoms with van der Waals surface area (Å²) in [5.41, 5.74) is 2.10. The average molecular weight is 488 g/mol. The normalized spacial score (nSPS) is 17.9. The maximum absolute atomic E-state index is 12.7. The summed E-state index contributed by atoms with van der Waals surface area (Å²) in [6, 6.07) is 14.5. The van der Waals surface area contributed by atoms with Gasteiger partial charge in [-0.1, -0.05) is 43.7 Å². The second-order valence-corrected chi connectivity index (χ2v) is 10.7. The molecule has 4 rings (SSSR count). The zero-order valence-electron chi connectivity index (χ0n) is 18.4. The molecule has 2 unspecified atom stereocenters. The smallest absolute Gasteiger partial charge is 0.338 e. The highest BCUT2D eigenvalue weighted by atomic mass is 32.2. The van der Waals surface area contributed by atoms with Crippen LogP contribution in [0.5, 0.6) is 0 Å². The fourth-order valence-corrected chi connectivity index (χ4v) is 6.02. The molecular formula is C23H25N3O5S2. The molecule has 2 aliphatic heterocycles. The molecule has 10 heteroatoms. The fraction of sp³-hybridized carbons (Fsp3) is 0.348. The Morgan fingerprint density at radius 1 is 1.21 bits per heavy atom. The summed E-state index contributed by atoms with van der Waals surface area (Å²) < 4.78 is 32.8. The Morgan fingerprint density at radius 3 is 2.70 bits per heavy atom. The van der Waals surface area contributed by atoms with Gasteiger partial charge in [0.25, 0.3) is 15.9 Å². The van der Waals surface area contributed by atoms with Gasteiger partial charge in [-0.25, -0.2) is 13.2 Å². The van der Waals surface area contributed by atoms with Crippen LogP contribution in [0.15, 0.2) is 57.8 Å². The van der Waals surface area contributed by atoms with Gasteiger partial charge in [0.2, 0.25) is 0 Å². The van der Waals surface area contributed by atoms with Gasteiger partial charge in [0.1, 0.15) is 0 Å². The van der Waals surface area contributed by atoms with Crippen LogP contribution in [0.3, 0.4) is 0 Å². The van der Waals surface area contributed by atoms with Crippen molar-refractivity contribution in [2.45, 2.75) is 43.7 Å². The first-order valence-electron chi connectivity index (χ1n) is 10.8. The average Bonchev–Trinajstić information content (AvgIpc) is 3.14. The third-order valence-corrected chi connectivity index (χ3v) is 7.76. The Kier molecular flexibility index (Phi) is 6.76. The molecule has 0 fully saturated rings. The predicted molar refractivity (Wildman–Crippen MR) is 128 cm³/mol. The number of fused-ring (bicyclic) bond motifs is 3. The maximum atomic E-state index is 12.7. The minimum Gasteiger partial charge on any atom is -0.449 e. The van der Waals surface area contributed by atoms with E-state index in [2.05, 4.69) is 9.71 Å². The van der Waals surface area contributed by atoms with E-state index in [0.717, 1.165) is 29.0 Å². The van der Waals surface area contributed by atoms with Crippen molar-refractivity contribution in [3.05, 3.63) is 59.7 Å². The van der Waals surface area contributed by atoms with Crippen molar-refractivity contribution in [2.24, 2.45) is 4.40 Å². The Hall–Kier alpha value is -2.85. The number of rotatable bonds is 7. The lowest BCUT2D eigenvalue weighted by molar-refractivity contribution is -0.129. The first kappa shape index (κ1) is 23.3. The lowest BCUT2D eigenvalue weighted by atomic mass is 10.0. The Bertz CT molecular complexity index is 1200. The number of anilines is 1. The van der Waals surface area contributed by atoms with Gasteiger partial charge in [-0.2, -0.15) is 0 Å². The minimum atomic E-state index is -3.45. The summed E-state index contributed by atoms with van der Waals surface area (Å²) in [6.45, 7) is 3.91. The van der Waals surface area contributed by atoms with Crippen molar-refractivity contribution < 1.29 is 22.7 Å². The van der Waals surface area contributed by atoms with Crippen molar-refractivity contribution in [3.8, 4) is 0 Å². The molecule has 2 aromatic carbocycles. The first-order valence-corrected chi connectivity index (χ1v) is 13.2. The molecule has 2 heterocycles. The van der Waals surface area contributed by atoms with Crippen LogP contribution in [0.2, 0.25) is 0 Å². The number of amides is 1. The number of sulfonamides is 1. The molecule has 0 spiro atoms. The predicted octanol–water partition coefficient (Wildman–Crippen LogP) is 3.50. The van der Waals surface area contributed by atoms with Gasteiger partial charge >= 0.3 is 5.97 Å². The van der Waals surface area contributed by atoms with E-state index in [-0.39, 0.29) is 23.3 Å². The highest BCUT2D eigenvalue weighted by Crippen LogP contribution is 2.42.